The highest BCUT2D eigenvalue weighted by atomic mass is 16.5. The van der Waals surface area contributed by atoms with E-state index in [1.807, 2.05) is 20.1 Å². The van der Waals surface area contributed by atoms with Gasteiger partial charge < -0.3 is 4.74 Å². The summed E-state index contributed by atoms with van der Waals surface area (Å²) in [7, 11) is 0. The topological polar surface area (TPSA) is 43.4 Å². The summed E-state index contributed by atoms with van der Waals surface area (Å²) in [4.78, 5) is 21.8. The molecule has 0 amide bonds. The summed E-state index contributed by atoms with van der Waals surface area (Å²) in [6, 6.07) is 0. The van der Waals surface area contributed by atoms with Crippen molar-refractivity contribution in [2.75, 3.05) is 6.61 Å². The zero-order valence-corrected chi connectivity index (χ0v) is 9.26. The Hall–Kier alpha value is -0.860. The van der Waals surface area contributed by atoms with Crippen molar-refractivity contribution in [1.29, 1.82) is 0 Å². The molecule has 0 aliphatic carbocycles. The maximum atomic E-state index is 10.9. The minimum absolute atomic E-state index is 0.174. The average molecular weight is 199 g/mol. The number of carbonyl (C=O) groups is 1. The lowest BCUT2D eigenvalue weighted by Crippen LogP contribution is -2.29. The lowest BCUT2D eigenvalue weighted by atomic mass is 9.83. The maximum absolute atomic E-state index is 10.9. The molecule has 0 aromatic rings. The van der Waals surface area contributed by atoms with Gasteiger partial charge in [-0.15, -0.1) is 0 Å². The summed E-state index contributed by atoms with van der Waals surface area (Å²) in [5.41, 5.74) is -0.584. The van der Waals surface area contributed by atoms with Crippen molar-refractivity contribution >= 4 is 12.3 Å². The van der Waals surface area contributed by atoms with Crippen LogP contribution in [-0.2, 0) is 14.3 Å². The largest absolute Gasteiger partial charge is 0.465 e. The summed E-state index contributed by atoms with van der Waals surface area (Å²) in [6.07, 6.45) is 4.66. The Balaban J connectivity index is 4.20. The molecule has 0 saturated carbocycles. The molecule has 81 valence electrons. The molecule has 3 heteroatoms. The van der Waals surface area contributed by atoms with E-state index in [4.69, 9.17) is 4.74 Å². The first-order valence-electron chi connectivity index (χ1n) is 5.19. The average Bonchev–Trinajstić information content (AvgIpc) is 2.24. The van der Waals surface area contributed by atoms with Crippen LogP contribution in [0.2, 0.25) is 0 Å². The number of rotatable bonds is 7. The highest BCUT2D eigenvalue weighted by Crippen LogP contribution is 2.25. The smallest absolute Gasteiger partial charge is 0.305 e. The van der Waals surface area contributed by atoms with Crippen molar-refractivity contribution in [2.45, 2.75) is 46.5 Å². The summed E-state index contributed by atoms with van der Waals surface area (Å²) < 4.78 is 4.99. The van der Waals surface area contributed by atoms with Crippen LogP contribution in [0.1, 0.15) is 46.5 Å². The van der Waals surface area contributed by atoms with Gasteiger partial charge in [-0.05, 0) is 12.8 Å². The van der Waals surface area contributed by atoms with Crippen molar-refractivity contribution in [1.82, 2.24) is 0 Å². The van der Waals surface area contributed by atoms with Gasteiger partial charge in [0.1, 0.15) is 6.61 Å². The quantitative estimate of drug-likeness (QED) is 0.590. The van der Waals surface area contributed by atoms with Crippen LogP contribution in [0.3, 0.4) is 0 Å². The maximum Gasteiger partial charge on any atom is 0.305 e. The van der Waals surface area contributed by atoms with Gasteiger partial charge in [0.25, 0.3) is 0 Å². The third-order valence-corrected chi connectivity index (χ3v) is 2.42. The van der Waals surface area contributed by atoms with E-state index in [1.165, 1.54) is 0 Å². The first-order valence-corrected chi connectivity index (χ1v) is 5.19. The predicted octanol–water partition coefficient (Wildman–Crippen LogP) is 2.25. The number of hydrogen-bond acceptors (Lipinski definition) is 3. The first kappa shape index (κ1) is 13.1. The van der Waals surface area contributed by atoms with E-state index in [0.29, 0.717) is 12.8 Å². The summed E-state index contributed by atoms with van der Waals surface area (Å²) in [5.74, 6) is -0.255. The van der Waals surface area contributed by atoms with Gasteiger partial charge >= 0.3 is 5.97 Å². The van der Waals surface area contributed by atoms with Gasteiger partial charge in [-0.1, -0.05) is 27.2 Å². The number of carbonyl (C=O) groups excluding carboxylic acids is 2. The van der Waals surface area contributed by atoms with Crippen molar-refractivity contribution in [3.05, 3.63) is 0 Å². The van der Waals surface area contributed by atoms with Gasteiger partial charge in [0, 0.05) is 6.42 Å². The SMILES string of the molecule is CCCC([C]=O)(CC)COC(=O)CC. The van der Waals surface area contributed by atoms with Crippen molar-refractivity contribution in [3.63, 3.8) is 0 Å². The number of ether oxygens (including phenoxy) is 1. The van der Waals surface area contributed by atoms with Crippen LogP contribution in [0.5, 0.6) is 0 Å². The zero-order valence-electron chi connectivity index (χ0n) is 9.26. The Labute approximate surface area is 85.8 Å². The third kappa shape index (κ3) is 3.90. The molecule has 0 spiro atoms. The van der Waals surface area contributed by atoms with Crippen LogP contribution in [0.15, 0.2) is 0 Å². The second-order valence-corrected chi connectivity index (χ2v) is 3.50. The molecule has 1 atom stereocenters. The molecular formula is C11H19O3. The van der Waals surface area contributed by atoms with Gasteiger partial charge in [0.2, 0.25) is 6.29 Å². The fourth-order valence-corrected chi connectivity index (χ4v) is 1.30. The summed E-state index contributed by atoms with van der Waals surface area (Å²) in [6.45, 7) is 5.83. The van der Waals surface area contributed by atoms with E-state index < -0.39 is 5.41 Å². The zero-order chi connectivity index (χ0) is 11.0. The molecule has 14 heavy (non-hydrogen) atoms. The Morgan fingerprint density at radius 3 is 2.36 bits per heavy atom. The molecule has 0 rings (SSSR count). The fourth-order valence-electron chi connectivity index (χ4n) is 1.30. The number of esters is 1. The molecule has 0 fully saturated rings. The predicted molar refractivity (Wildman–Crippen MR) is 54.6 cm³/mol. The van der Waals surface area contributed by atoms with Gasteiger partial charge in [-0.25, -0.2) is 0 Å². The molecule has 0 heterocycles. The highest BCUT2D eigenvalue weighted by Gasteiger charge is 2.29. The Bertz CT molecular complexity index is 189. The Kier molecular flexibility index (Phi) is 6.17. The number of hydrogen-bond donors (Lipinski definition) is 0. The summed E-state index contributed by atoms with van der Waals surface area (Å²) >= 11 is 0. The molecule has 0 N–H and O–H groups in total. The molecule has 0 aromatic heterocycles. The molecule has 0 aliphatic rings. The van der Waals surface area contributed by atoms with Crippen molar-refractivity contribution in [3.8, 4) is 0 Å². The lowest BCUT2D eigenvalue weighted by Gasteiger charge is -2.24. The van der Waals surface area contributed by atoms with E-state index in [1.54, 1.807) is 6.92 Å². The molecule has 0 aliphatic heterocycles. The first-order chi connectivity index (χ1) is 6.64. The van der Waals surface area contributed by atoms with Gasteiger partial charge in [0.15, 0.2) is 0 Å². The molecule has 0 bridgehead atoms. The van der Waals surface area contributed by atoms with Gasteiger partial charge in [-0.3, -0.25) is 9.59 Å². The van der Waals surface area contributed by atoms with Crippen LogP contribution in [0.25, 0.3) is 0 Å². The van der Waals surface area contributed by atoms with E-state index >= 15 is 0 Å². The molecule has 0 saturated heterocycles. The van der Waals surface area contributed by atoms with Gasteiger partial charge in [-0.2, -0.15) is 0 Å². The standard InChI is InChI=1S/C11H19O3/c1-4-7-11(6-3,8-12)9-14-10(13)5-2/h4-7,9H2,1-3H3. The van der Waals surface area contributed by atoms with Crippen LogP contribution in [-0.4, -0.2) is 18.9 Å². The van der Waals surface area contributed by atoms with E-state index in [0.717, 1.165) is 12.8 Å². The Morgan fingerprint density at radius 2 is 2.00 bits per heavy atom. The normalized spacial score (nSPS) is 14.5. The van der Waals surface area contributed by atoms with E-state index in [-0.39, 0.29) is 12.6 Å². The van der Waals surface area contributed by atoms with Crippen LogP contribution in [0, 0.1) is 5.41 Å². The minimum Gasteiger partial charge on any atom is -0.465 e. The van der Waals surface area contributed by atoms with Crippen molar-refractivity contribution in [2.24, 2.45) is 5.41 Å². The highest BCUT2D eigenvalue weighted by molar-refractivity contribution is 5.69. The van der Waals surface area contributed by atoms with Crippen molar-refractivity contribution < 1.29 is 14.3 Å². The van der Waals surface area contributed by atoms with E-state index in [2.05, 4.69) is 0 Å². The third-order valence-electron chi connectivity index (χ3n) is 2.42. The van der Waals surface area contributed by atoms with Crippen LogP contribution < -0.4 is 0 Å². The molecule has 1 unspecified atom stereocenters. The molecule has 0 aromatic carbocycles. The molecular weight excluding hydrogens is 180 g/mol. The fraction of sp³-hybridized carbons (Fsp3) is 0.818. The second kappa shape index (κ2) is 6.57. The molecule has 3 nitrogen and oxygen atoms in total. The van der Waals surface area contributed by atoms with Crippen LogP contribution in [0.4, 0.5) is 0 Å². The lowest BCUT2D eigenvalue weighted by molar-refractivity contribution is -0.145. The van der Waals surface area contributed by atoms with Gasteiger partial charge in [0.05, 0.1) is 5.41 Å². The van der Waals surface area contributed by atoms with Crippen LogP contribution >= 0.6 is 0 Å². The monoisotopic (exact) mass is 199 g/mol. The van der Waals surface area contributed by atoms with E-state index in [9.17, 15) is 9.59 Å². The second-order valence-electron chi connectivity index (χ2n) is 3.50. The Morgan fingerprint density at radius 1 is 1.36 bits per heavy atom. The molecule has 1 radical (unpaired) electrons. The minimum atomic E-state index is -0.584. The summed E-state index contributed by atoms with van der Waals surface area (Å²) in [5, 5.41) is 0.